The summed E-state index contributed by atoms with van der Waals surface area (Å²) in [7, 11) is -2.77. The molecule has 1 aliphatic rings. The molecule has 100 valence electrons. The fourth-order valence-electron chi connectivity index (χ4n) is 2.24. The molecule has 0 saturated heterocycles. The fourth-order valence-corrected chi connectivity index (χ4v) is 2.80. The molecule has 0 aromatic carbocycles. The molecular formula is C11H21O5P. The first kappa shape index (κ1) is 14.9. The largest absolute Gasteiger partial charge is 0.469 e. The van der Waals surface area contributed by atoms with Gasteiger partial charge in [0, 0.05) is 13.5 Å². The van der Waals surface area contributed by atoms with Crippen molar-refractivity contribution < 1.29 is 23.6 Å². The van der Waals surface area contributed by atoms with E-state index in [1.165, 1.54) is 0 Å². The highest BCUT2D eigenvalue weighted by molar-refractivity contribution is 7.46. The Labute approximate surface area is 102 Å². The highest BCUT2D eigenvalue weighted by Gasteiger charge is 2.26. The summed E-state index contributed by atoms with van der Waals surface area (Å²) in [5, 5.41) is 0. The molecule has 1 aliphatic carbocycles. The molecule has 0 aliphatic heterocycles. The Kier molecular flexibility index (Phi) is 5.83. The maximum Gasteiger partial charge on any atom is 0.469 e. The third-order valence-corrected chi connectivity index (χ3v) is 3.65. The van der Waals surface area contributed by atoms with Gasteiger partial charge in [-0.05, 0) is 32.1 Å². The lowest BCUT2D eigenvalue weighted by molar-refractivity contribution is 0.00987. The molecule has 1 rings (SSSR count). The third-order valence-electron chi connectivity index (χ3n) is 3.02. The quantitative estimate of drug-likeness (QED) is 0.568. The van der Waals surface area contributed by atoms with Crippen LogP contribution in [-0.4, -0.2) is 29.1 Å². The van der Waals surface area contributed by atoms with Crippen molar-refractivity contribution in [1.82, 2.24) is 0 Å². The smallest absolute Gasteiger partial charge is 0.381 e. The minimum absolute atomic E-state index is 0.0125. The van der Waals surface area contributed by atoms with E-state index in [1.807, 2.05) is 0 Å². The summed E-state index contributed by atoms with van der Waals surface area (Å²) >= 11 is 0. The molecule has 6 heteroatoms. The second kappa shape index (κ2) is 6.66. The molecule has 3 atom stereocenters. The maximum absolute atomic E-state index is 10.7. The minimum Gasteiger partial charge on any atom is -0.381 e. The number of phosphoric ester groups is 1. The number of phosphoric acid groups is 1. The van der Waals surface area contributed by atoms with Crippen LogP contribution in [0.15, 0.2) is 12.2 Å². The molecule has 0 heterocycles. The number of allylic oxidation sites excluding steroid dienone is 2. The van der Waals surface area contributed by atoms with E-state index in [0.29, 0.717) is 12.3 Å². The molecule has 3 unspecified atom stereocenters. The van der Waals surface area contributed by atoms with Gasteiger partial charge in [-0.15, -0.1) is 0 Å². The van der Waals surface area contributed by atoms with Crippen molar-refractivity contribution in [3.8, 4) is 0 Å². The van der Waals surface area contributed by atoms with Crippen LogP contribution < -0.4 is 0 Å². The minimum atomic E-state index is -4.40. The van der Waals surface area contributed by atoms with Crippen molar-refractivity contribution >= 4 is 7.82 Å². The normalized spacial score (nSPS) is 24.6. The van der Waals surface area contributed by atoms with Gasteiger partial charge in [0.15, 0.2) is 0 Å². The van der Waals surface area contributed by atoms with E-state index in [2.05, 4.69) is 16.7 Å². The first-order valence-corrected chi connectivity index (χ1v) is 7.37. The lowest BCUT2D eigenvalue weighted by atomic mass is 9.87. The van der Waals surface area contributed by atoms with Crippen LogP contribution >= 0.6 is 7.82 Å². The summed E-state index contributed by atoms with van der Waals surface area (Å²) in [6.07, 6.45) is 7.32. The van der Waals surface area contributed by atoms with Crippen LogP contribution in [0.3, 0.4) is 0 Å². The molecule has 0 aromatic rings. The maximum atomic E-state index is 10.7. The molecule has 2 N–H and O–H groups in total. The van der Waals surface area contributed by atoms with E-state index >= 15 is 0 Å². The van der Waals surface area contributed by atoms with Crippen LogP contribution in [0.1, 0.15) is 32.6 Å². The summed E-state index contributed by atoms with van der Waals surface area (Å²) in [5.74, 6) is 0.410. The van der Waals surface area contributed by atoms with Crippen LogP contribution in [0.5, 0.6) is 0 Å². The van der Waals surface area contributed by atoms with Crippen LogP contribution in [0, 0.1) is 5.92 Å². The Bertz CT molecular complexity index is 298. The van der Waals surface area contributed by atoms with Crippen molar-refractivity contribution in [2.75, 3.05) is 7.11 Å². The van der Waals surface area contributed by atoms with Crippen molar-refractivity contribution in [3.63, 3.8) is 0 Å². The lowest BCUT2D eigenvalue weighted by Crippen LogP contribution is -2.28. The Morgan fingerprint density at radius 3 is 2.65 bits per heavy atom. The predicted octanol–water partition coefficient (Wildman–Crippen LogP) is 2.25. The van der Waals surface area contributed by atoms with Crippen molar-refractivity contribution in [3.05, 3.63) is 12.2 Å². The van der Waals surface area contributed by atoms with Gasteiger partial charge < -0.3 is 14.5 Å². The molecule has 0 spiro atoms. The van der Waals surface area contributed by atoms with Crippen molar-refractivity contribution in [1.29, 1.82) is 0 Å². The monoisotopic (exact) mass is 264 g/mol. The number of methoxy groups -OCH3 is 1. The van der Waals surface area contributed by atoms with Gasteiger partial charge in [-0.2, -0.15) is 0 Å². The Balaban J connectivity index is 2.45. The zero-order chi connectivity index (χ0) is 12.9. The van der Waals surface area contributed by atoms with Gasteiger partial charge in [0.2, 0.25) is 0 Å². The first-order valence-electron chi connectivity index (χ1n) is 5.84. The van der Waals surface area contributed by atoms with Gasteiger partial charge >= 0.3 is 7.82 Å². The molecule has 17 heavy (non-hydrogen) atoms. The van der Waals surface area contributed by atoms with Gasteiger partial charge in [0.1, 0.15) is 0 Å². The van der Waals surface area contributed by atoms with Gasteiger partial charge in [-0.25, -0.2) is 4.57 Å². The fraction of sp³-hybridized carbons (Fsp3) is 0.818. The molecule has 0 fully saturated rings. The van der Waals surface area contributed by atoms with Crippen molar-refractivity contribution in [2.45, 2.75) is 44.8 Å². The second-order valence-corrected chi connectivity index (χ2v) is 5.65. The number of hydrogen-bond acceptors (Lipinski definition) is 3. The molecule has 0 radical (unpaired) electrons. The van der Waals surface area contributed by atoms with Gasteiger partial charge in [0.05, 0.1) is 12.2 Å². The molecule has 5 nitrogen and oxygen atoms in total. The summed E-state index contributed by atoms with van der Waals surface area (Å²) in [5.41, 5.74) is 0. The van der Waals surface area contributed by atoms with Crippen LogP contribution in [-0.2, 0) is 13.8 Å². The standard InChI is InChI=1S/C11H21O5P/c1-9(16-17(12,13)14)8-11(15-2)10-6-4-3-5-7-10/h3-4,9-11H,5-8H2,1-2H3,(H2,12,13,14). The Morgan fingerprint density at radius 1 is 1.47 bits per heavy atom. The van der Waals surface area contributed by atoms with Gasteiger partial charge in [0.25, 0.3) is 0 Å². The average Bonchev–Trinajstić information content (AvgIpc) is 2.24. The lowest BCUT2D eigenvalue weighted by Gasteiger charge is -2.29. The number of hydrogen-bond donors (Lipinski definition) is 2. The molecule has 0 bridgehead atoms. The van der Waals surface area contributed by atoms with E-state index in [0.717, 1.165) is 19.3 Å². The van der Waals surface area contributed by atoms with E-state index < -0.39 is 13.9 Å². The molecule has 0 saturated carbocycles. The zero-order valence-corrected chi connectivity index (χ0v) is 11.2. The number of ether oxygens (including phenoxy) is 1. The topological polar surface area (TPSA) is 76.0 Å². The molecule has 0 aromatic heterocycles. The van der Waals surface area contributed by atoms with E-state index in [-0.39, 0.29) is 6.10 Å². The van der Waals surface area contributed by atoms with E-state index in [4.69, 9.17) is 14.5 Å². The van der Waals surface area contributed by atoms with Crippen molar-refractivity contribution in [2.24, 2.45) is 5.92 Å². The Morgan fingerprint density at radius 2 is 2.18 bits per heavy atom. The molecular weight excluding hydrogens is 243 g/mol. The first-order chi connectivity index (χ1) is 7.92. The average molecular weight is 264 g/mol. The number of rotatable bonds is 6. The van der Waals surface area contributed by atoms with E-state index in [1.54, 1.807) is 14.0 Å². The predicted molar refractivity (Wildman–Crippen MR) is 64.5 cm³/mol. The van der Waals surface area contributed by atoms with Crippen LogP contribution in [0.25, 0.3) is 0 Å². The summed E-state index contributed by atoms with van der Waals surface area (Å²) in [6, 6.07) is 0. The zero-order valence-electron chi connectivity index (χ0n) is 10.3. The highest BCUT2D eigenvalue weighted by Crippen LogP contribution is 2.39. The summed E-state index contributed by atoms with van der Waals surface area (Å²) in [4.78, 5) is 17.4. The van der Waals surface area contributed by atoms with Gasteiger partial charge in [-0.1, -0.05) is 12.2 Å². The highest BCUT2D eigenvalue weighted by atomic mass is 31.2. The summed E-state index contributed by atoms with van der Waals surface area (Å²) in [6.45, 7) is 1.66. The summed E-state index contributed by atoms with van der Waals surface area (Å²) < 4.78 is 20.7. The molecule has 0 amide bonds. The van der Waals surface area contributed by atoms with E-state index in [9.17, 15) is 4.57 Å². The van der Waals surface area contributed by atoms with Crippen LogP contribution in [0.2, 0.25) is 0 Å². The Hall–Kier alpha value is -0.190. The van der Waals surface area contributed by atoms with Gasteiger partial charge in [-0.3, -0.25) is 4.52 Å². The third kappa shape index (κ3) is 5.80. The van der Waals surface area contributed by atoms with Crippen LogP contribution in [0.4, 0.5) is 0 Å². The SMILES string of the molecule is COC(CC(C)OP(=O)(O)O)C1CC=CCC1. The second-order valence-electron chi connectivity index (χ2n) is 4.46.